The third-order valence-electron chi connectivity index (χ3n) is 3.20. The van der Waals surface area contributed by atoms with Gasteiger partial charge in [-0.25, -0.2) is 0 Å². The van der Waals surface area contributed by atoms with Crippen molar-refractivity contribution in [3.8, 4) is 5.75 Å². The molecule has 23 heavy (non-hydrogen) atoms. The number of halogens is 4. The number of aliphatic hydroxyl groups excluding tert-OH is 1. The first-order chi connectivity index (χ1) is 10.3. The third-order valence-corrected chi connectivity index (χ3v) is 3.20. The molecule has 0 unspecified atom stereocenters. The summed E-state index contributed by atoms with van der Waals surface area (Å²) in [5.41, 5.74) is 7.42. The molecular weight excluding hydrogens is 331 g/mol. The van der Waals surface area contributed by atoms with Crippen LogP contribution >= 0.6 is 12.4 Å². The summed E-state index contributed by atoms with van der Waals surface area (Å²) in [5.74, 6) is -0.319. The Bertz CT molecular complexity index is 591. The van der Waals surface area contributed by atoms with E-state index in [1.165, 1.54) is 24.3 Å². The van der Waals surface area contributed by atoms with Crippen LogP contribution in [0.25, 0.3) is 0 Å². The first-order valence-corrected chi connectivity index (χ1v) is 6.68. The number of benzene rings is 2. The Morgan fingerprint density at radius 3 is 2.09 bits per heavy atom. The number of ether oxygens (including phenoxy) is 1. The summed E-state index contributed by atoms with van der Waals surface area (Å²) in [6.45, 7) is 0. The Kier molecular flexibility index (Phi) is 6.87. The molecule has 0 spiro atoms. The van der Waals surface area contributed by atoms with Crippen molar-refractivity contribution in [1.29, 1.82) is 0 Å². The van der Waals surface area contributed by atoms with Crippen LogP contribution in [0.4, 0.5) is 13.2 Å². The predicted octanol–water partition coefficient (Wildman–Crippen LogP) is 3.61. The fourth-order valence-corrected chi connectivity index (χ4v) is 2.10. The van der Waals surface area contributed by atoms with Gasteiger partial charge in [0.15, 0.2) is 0 Å². The van der Waals surface area contributed by atoms with Crippen LogP contribution in [0.5, 0.6) is 5.75 Å². The second kappa shape index (κ2) is 8.19. The number of hydrogen-bond donors (Lipinski definition) is 2. The molecule has 0 aromatic heterocycles. The van der Waals surface area contributed by atoms with Crippen LogP contribution in [0.3, 0.4) is 0 Å². The highest BCUT2D eigenvalue weighted by Gasteiger charge is 2.31. The van der Waals surface area contributed by atoms with Crippen molar-refractivity contribution < 1.29 is 23.0 Å². The zero-order valence-electron chi connectivity index (χ0n) is 12.0. The van der Waals surface area contributed by atoms with Gasteiger partial charge >= 0.3 is 6.36 Å². The summed E-state index contributed by atoms with van der Waals surface area (Å²) < 4.78 is 40.0. The van der Waals surface area contributed by atoms with E-state index in [1.54, 1.807) is 0 Å². The normalized spacial score (nSPS) is 13.8. The molecule has 0 saturated carbocycles. The van der Waals surface area contributed by atoms with E-state index in [0.29, 0.717) is 12.0 Å². The van der Waals surface area contributed by atoms with E-state index in [9.17, 15) is 18.3 Å². The SMILES string of the molecule is Cl.N[C@H](c1ccc(OC(F)(F)F)cc1)[C@@H](O)Cc1ccccc1. The lowest BCUT2D eigenvalue weighted by Crippen LogP contribution is -2.28. The highest BCUT2D eigenvalue weighted by Crippen LogP contribution is 2.25. The van der Waals surface area contributed by atoms with Gasteiger partial charge < -0.3 is 15.6 Å². The van der Waals surface area contributed by atoms with E-state index in [1.807, 2.05) is 30.3 Å². The minimum Gasteiger partial charge on any atom is -0.406 e. The van der Waals surface area contributed by atoms with Crippen molar-refractivity contribution in [1.82, 2.24) is 0 Å². The van der Waals surface area contributed by atoms with Crippen molar-refractivity contribution in [3.63, 3.8) is 0 Å². The largest absolute Gasteiger partial charge is 0.573 e. The Hall–Kier alpha value is -1.76. The first kappa shape index (κ1) is 19.3. The van der Waals surface area contributed by atoms with Gasteiger partial charge in [0.05, 0.1) is 12.1 Å². The van der Waals surface area contributed by atoms with Crippen LogP contribution in [0.15, 0.2) is 54.6 Å². The lowest BCUT2D eigenvalue weighted by molar-refractivity contribution is -0.274. The summed E-state index contributed by atoms with van der Waals surface area (Å²) in [4.78, 5) is 0. The highest BCUT2D eigenvalue weighted by atomic mass is 35.5. The molecule has 126 valence electrons. The summed E-state index contributed by atoms with van der Waals surface area (Å²) in [6, 6.07) is 13.8. The molecular formula is C16H17ClF3NO2. The Balaban J connectivity index is 0.00000264. The predicted molar refractivity (Wildman–Crippen MR) is 83.5 cm³/mol. The van der Waals surface area contributed by atoms with Crippen molar-refractivity contribution in [2.24, 2.45) is 5.73 Å². The van der Waals surface area contributed by atoms with Crippen LogP contribution in [0.2, 0.25) is 0 Å². The van der Waals surface area contributed by atoms with Crippen molar-refractivity contribution in [2.75, 3.05) is 0 Å². The van der Waals surface area contributed by atoms with Gasteiger partial charge in [-0.1, -0.05) is 42.5 Å². The molecule has 0 heterocycles. The second-order valence-corrected chi connectivity index (χ2v) is 4.90. The number of hydrogen-bond acceptors (Lipinski definition) is 3. The molecule has 0 bridgehead atoms. The molecule has 7 heteroatoms. The van der Waals surface area contributed by atoms with Crippen molar-refractivity contribution >= 4 is 12.4 Å². The number of rotatable bonds is 5. The van der Waals surface area contributed by atoms with Gasteiger partial charge in [-0.05, 0) is 23.3 Å². The topological polar surface area (TPSA) is 55.5 Å². The van der Waals surface area contributed by atoms with Crippen LogP contribution < -0.4 is 10.5 Å². The van der Waals surface area contributed by atoms with E-state index in [2.05, 4.69) is 4.74 Å². The molecule has 0 aliphatic carbocycles. The average molecular weight is 348 g/mol. The lowest BCUT2D eigenvalue weighted by atomic mass is 9.97. The van der Waals surface area contributed by atoms with E-state index in [4.69, 9.17) is 5.73 Å². The second-order valence-electron chi connectivity index (χ2n) is 4.90. The molecule has 0 amide bonds. The molecule has 2 atom stereocenters. The Morgan fingerprint density at radius 1 is 1.00 bits per heavy atom. The smallest absolute Gasteiger partial charge is 0.406 e. The van der Waals surface area contributed by atoms with E-state index in [0.717, 1.165) is 5.56 Å². The summed E-state index contributed by atoms with van der Waals surface area (Å²) in [6.07, 6.45) is -5.20. The lowest BCUT2D eigenvalue weighted by Gasteiger charge is -2.20. The maximum Gasteiger partial charge on any atom is 0.573 e. The molecule has 0 aliphatic heterocycles. The van der Waals surface area contributed by atoms with Gasteiger partial charge in [0, 0.05) is 6.42 Å². The van der Waals surface area contributed by atoms with Crippen LogP contribution in [0.1, 0.15) is 17.2 Å². The molecule has 3 N–H and O–H groups in total. The maximum atomic E-state index is 12.1. The molecule has 2 aromatic carbocycles. The Morgan fingerprint density at radius 2 is 1.57 bits per heavy atom. The van der Waals surface area contributed by atoms with Gasteiger partial charge in [-0.2, -0.15) is 0 Å². The molecule has 0 saturated heterocycles. The minimum absolute atomic E-state index is 0. The Labute approximate surface area is 138 Å². The maximum absolute atomic E-state index is 12.1. The highest BCUT2D eigenvalue weighted by molar-refractivity contribution is 5.85. The molecule has 2 rings (SSSR count). The number of nitrogens with two attached hydrogens (primary N) is 1. The molecule has 0 fully saturated rings. The summed E-state index contributed by atoms with van der Waals surface area (Å²) >= 11 is 0. The molecule has 0 radical (unpaired) electrons. The standard InChI is InChI=1S/C16H16F3NO2.ClH/c17-16(18,19)22-13-8-6-12(7-9-13)15(20)14(21)10-11-4-2-1-3-5-11;/h1-9,14-15,21H,10,20H2;1H/t14-,15+;/m0./s1. The van der Waals surface area contributed by atoms with Gasteiger partial charge in [0.25, 0.3) is 0 Å². The van der Waals surface area contributed by atoms with Gasteiger partial charge in [0.2, 0.25) is 0 Å². The number of alkyl halides is 3. The van der Waals surface area contributed by atoms with Crippen molar-refractivity contribution in [3.05, 3.63) is 65.7 Å². The van der Waals surface area contributed by atoms with Gasteiger partial charge in [-0.15, -0.1) is 25.6 Å². The van der Waals surface area contributed by atoms with Crippen LogP contribution in [-0.4, -0.2) is 17.6 Å². The molecule has 2 aromatic rings. The van der Waals surface area contributed by atoms with E-state index < -0.39 is 18.5 Å². The quantitative estimate of drug-likeness (QED) is 0.868. The zero-order valence-corrected chi connectivity index (χ0v) is 12.8. The fraction of sp³-hybridized carbons (Fsp3) is 0.250. The first-order valence-electron chi connectivity index (χ1n) is 6.68. The van der Waals surface area contributed by atoms with Gasteiger partial charge in [-0.3, -0.25) is 0 Å². The summed E-state index contributed by atoms with van der Waals surface area (Å²) in [7, 11) is 0. The zero-order chi connectivity index (χ0) is 16.2. The average Bonchev–Trinajstić information content (AvgIpc) is 2.46. The molecule has 3 nitrogen and oxygen atoms in total. The van der Waals surface area contributed by atoms with Gasteiger partial charge in [0.1, 0.15) is 5.75 Å². The third kappa shape index (κ3) is 6.09. The summed E-state index contributed by atoms with van der Waals surface area (Å²) in [5, 5.41) is 10.1. The minimum atomic E-state index is -4.73. The van der Waals surface area contributed by atoms with Crippen LogP contribution in [0, 0.1) is 0 Å². The monoisotopic (exact) mass is 347 g/mol. The molecule has 0 aliphatic rings. The van der Waals surface area contributed by atoms with E-state index in [-0.39, 0.29) is 18.2 Å². The van der Waals surface area contributed by atoms with Crippen LogP contribution in [-0.2, 0) is 6.42 Å². The fourth-order valence-electron chi connectivity index (χ4n) is 2.10. The van der Waals surface area contributed by atoms with Crippen molar-refractivity contribution in [2.45, 2.75) is 24.9 Å². The van der Waals surface area contributed by atoms with E-state index >= 15 is 0 Å². The number of aliphatic hydroxyl groups is 1.